The van der Waals surface area contributed by atoms with E-state index in [0.717, 1.165) is 17.6 Å². The van der Waals surface area contributed by atoms with Crippen molar-refractivity contribution in [2.24, 2.45) is 5.92 Å². The van der Waals surface area contributed by atoms with Gasteiger partial charge in [-0.25, -0.2) is 4.52 Å². The van der Waals surface area contributed by atoms with Crippen molar-refractivity contribution in [1.82, 2.24) is 14.6 Å². The molecule has 2 aromatic rings. The molecule has 5 nitrogen and oxygen atoms in total. The fourth-order valence-electron chi connectivity index (χ4n) is 1.98. The first-order valence-corrected chi connectivity index (χ1v) is 6.29. The second-order valence-electron chi connectivity index (χ2n) is 5.10. The first-order chi connectivity index (χ1) is 8.58. The predicted molar refractivity (Wildman–Crippen MR) is 71.7 cm³/mol. The van der Waals surface area contributed by atoms with Crippen molar-refractivity contribution < 1.29 is 5.11 Å². The van der Waals surface area contributed by atoms with Crippen LogP contribution in [-0.4, -0.2) is 32.4 Å². The molecule has 18 heavy (non-hydrogen) atoms. The third kappa shape index (κ3) is 2.98. The summed E-state index contributed by atoms with van der Waals surface area (Å²) in [6.45, 7) is 6.37. The fourth-order valence-corrected chi connectivity index (χ4v) is 1.98. The number of nitrogens with one attached hydrogen (secondary N) is 1. The predicted octanol–water partition coefficient (Wildman–Crippen LogP) is 1.86. The summed E-state index contributed by atoms with van der Waals surface area (Å²) in [6, 6.07) is 3.97. The molecule has 0 saturated carbocycles. The van der Waals surface area contributed by atoms with Crippen molar-refractivity contribution in [1.29, 1.82) is 0 Å². The Labute approximate surface area is 107 Å². The number of aliphatic hydroxyl groups excluding tert-OH is 1. The van der Waals surface area contributed by atoms with Crippen molar-refractivity contribution in [2.45, 2.75) is 33.2 Å². The van der Waals surface area contributed by atoms with Crippen LogP contribution >= 0.6 is 0 Å². The molecule has 0 radical (unpaired) electrons. The highest BCUT2D eigenvalue weighted by molar-refractivity contribution is 5.45. The zero-order valence-corrected chi connectivity index (χ0v) is 11.1. The summed E-state index contributed by atoms with van der Waals surface area (Å²) < 4.78 is 1.74. The standard InChI is InChI=1S/C13H20N4O/c1-9(2)6-11(8-18)14-13-15-12-7-10(3)4-5-17(12)16-13/h4-5,7,9,11,18H,6,8H2,1-3H3,(H,14,16). The number of anilines is 1. The average Bonchev–Trinajstić information content (AvgIpc) is 2.68. The van der Waals surface area contributed by atoms with Crippen LogP contribution in [-0.2, 0) is 0 Å². The molecule has 2 N–H and O–H groups in total. The molecule has 2 rings (SSSR count). The van der Waals surface area contributed by atoms with Gasteiger partial charge >= 0.3 is 0 Å². The van der Waals surface area contributed by atoms with E-state index in [9.17, 15) is 5.11 Å². The fraction of sp³-hybridized carbons (Fsp3) is 0.538. The second-order valence-corrected chi connectivity index (χ2v) is 5.10. The van der Waals surface area contributed by atoms with Crippen LogP contribution < -0.4 is 5.32 Å². The molecule has 0 aliphatic rings. The van der Waals surface area contributed by atoms with Crippen LogP contribution in [0.3, 0.4) is 0 Å². The van der Waals surface area contributed by atoms with Gasteiger partial charge in [0.1, 0.15) is 0 Å². The molecule has 1 atom stereocenters. The van der Waals surface area contributed by atoms with E-state index in [-0.39, 0.29) is 12.6 Å². The van der Waals surface area contributed by atoms with Crippen LogP contribution in [0, 0.1) is 12.8 Å². The van der Waals surface area contributed by atoms with Gasteiger partial charge in [0.15, 0.2) is 5.65 Å². The lowest BCUT2D eigenvalue weighted by Gasteiger charge is -2.16. The smallest absolute Gasteiger partial charge is 0.243 e. The van der Waals surface area contributed by atoms with Gasteiger partial charge in [0.25, 0.3) is 0 Å². The minimum atomic E-state index is 0.00325. The quantitative estimate of drug-likeness (QED) is 0.847. The van der Waals surface area contributed by atoms with E-state index < -0.39 is 0 Å². The summed E-state index contributed by atoms with van der Waals surface area (Å²) in [5, 5.41) is 16.8. The molecule has 98 valence electrons. The lowest BCUT2D eigenvalue weighted by molar-refractivity contribution is 0.259. The maximum atomic E-state index is 9.33. The Kier molecular flexibility index (Phi) is 3.81. The molecular weight excluding hydrogens is 228 g/mol. The van der Waals surface area contributed by atoms with E-state index in [1.807, 2.05) is 25.3 Å². The van der Waals surface area contributed by atoms with E-state index in [0.29, 0.717) is 11.9 Å². The summed E-state index contributed by atoms with van der Waals surface area (Å²) in [4.78, 5) is 4.40. The van der Waals surface area contributed by atoms with Crippen molar-refractivity contribution in [3.63, 3.8) is 0 Å². The molecular formula is C13H20N4O. The molecule has 2 aromatic heterocycles. The molecule has 0 saturated heterocycles. The number of aliphatic hydroxyl groups is 1. The Hall–Kier alpha value is -1.62. The maximum Gasteiger partial charge on any atom is 0.243 e. The number of pyridine rings is 1. The summed E-state index contributed by atoms with van der Waals surface area (Å²) in [5.41, 5.74) is 1.97. The third-order valence-electron chi connectivity index (χ3n) is 2.80. The number of aryl methyl sites for hydroxylation is 1. The van der Waals surface area contributed by atoms with Gasteiger partial charge in [-0.05, 0) is 37.0 Å². The second kappa shape index (κ2) is 5.35. The average molecular weight is 248 g/mol. The first kappa shape index (κ1) is 12.8. The summed E-state index contributed by atoms with van der Waals surface area (Å²) in [5.74, 6) is 1.09. The number of nitrogens with zero attached hydrogens (tertiary/aromatic N) is 3. The van der Waals surface area contributed by atoms with Gasteiger partial charge < -0.3 is 10.4 Å². The molecule has 5 heteroatoms. The number of rotatable bonds is 5. The minimum absolute atomic E-state index is 0.00325. The van der Waals surface area contributed by atoms with Gasteiger partial charge in [0, 0.05) is 6.20 Å². The van der Waals surface area contributed by atoms with Crippen molar-refractivity contribution in [3.05, 3.63) is 23.9 Å². The highest BCUT2D eigenvalue weighted by Gasteiger charge is 2.12. The summed E-state index contributed by atoms with van der Waals surface area (Å²) in [6.07, 6.45) is 2.78. The van der Waals surface area contributed by atoms with E-state index in [1.54, 1.807) is 4.52 Å². The van der Waals surface area contributed by atoms with Crippen LogP contribution in [0.4, 0.5) is 5.95 Å². The van der Waals surface area contributed by atoms with E-state index in [4.69, 9.17) is 0 Å². The molecule has 1 unspecified atom stereocenters. The molecule has 2 heterocycles. The van der Waals surface area contributed by atoms with Crippen molar-refractivity contribution >= 4 is 11.6 Å². The zero-order chi connectivity index (χ0) is 13.1. The summed E-state index contributed by atoms with van der Waals surface area (Å²) in [7, 11) is 0. The van der Waals surface area contributed by atoms with E-state index in [1.165, 1.54) is 0 Å². The molecule has 0 aliphatic carbocycles. The number of hydrogen-bond donors (Lipinski definition) is 2. The Morgan fingerprint density at radius 3 is 2.89 bits per heavy atom. The molecule has 0 spiro atoms. The summed E-state index contributed by atoms with van der Waals surface area (Å²) >= 11 is 0. The van der Waals surface area contributed by atoms with Crippen LogP contribution in [0.15, 0.2) is 18.3 Å². The van der Waals surface area contributed by atoms with Gasteiger partial charge in [0.2, 0.25) is 5.95 Å². The lowest BCUT2D eigenvalue weighted by atomic mass is 10.0. The Bertz CT molecular complexity index is 521. The van der Waals surface area contributed by atoms with Gasteiger partial charge in [-0.3, -0.25) is 0 Å². The van der Waals surface area contributed by atoms with E-state index >= 15 is 0 Å². The highest BCUT2D eigenvalue weighted by Crippen LogP contribution is 2.11. The van der Waals surface area contributed by atoms with Crippen LogP contribution in [0.2, 0.25) is 0 Å². The third-order valence-corrected chi connectivity index (χ3v) is 2.80. The normalized spacial score (nSPS) is 13.2. The number of fused-ring (bicyclic) bond motifs is 1. The monoisotopic (exact) mass is 248 g/mol. The van der Waals surface area contributed by atoms with Crippen molar-refractivity contribution in [3.8, 4) is 0 Å². The molecule has 0 aromatic carbocycles. The number of hydrogen-bond acceptors (Lipinski definition) is 4. The van der Waals surface area contributed by atoms with Crippen LogP contribution in [0.25, 0.3) is 5.65 Å². The number of aromatic nitrogens is 3. The Morgan fingerprint density at radius 1 is 1.44 bits per heavy atom. The Balaban J connectivity index is 2.15. The topological polar surface area (TPSA) is 62.5 Å². The molecule has 0 amide bonds. The van der Waals surface area contributed by atoms with Gasteiger partial charge in [0.05, 0.1) is 12.6 Å². The van der Waals surface area contributed by atoms with Crippen molar-refractivity contribution in [2.75, 3.05) is 11.9 Å². The zero-order valence-electron chi connectivity index (χ0n) is 11.1. The van der Waals surface area contributed by atoms with Gasteiger partial charge in [-0.15, -0.1) is 5.10 Å². The van der Waals surface area contributed by atoms with Crippen LogP contribution in [0.1, 0.15) is 25.8 Å². The molecule has 0 fully saturated rings. The minimum Gasteiger partial charge on any atom is -0.394 e. The van der Waals surface area contributed by atoms with E-state index in [2.05, 4.69) is 29.2 Å². The van der Waals surface area contributed by atoms with Gasteiger partial charge in [-0.2, -0.15) is 4.98 Å². The van der Waals surface area contributed by atoms with Crippen LogP contribution in [0.5, 0.6) is 0 Å². The highest BCUT2D eigenvalue weighted by atomic mass is 16.3. The Morgan fingerprint density at radius 2 is 2.22 bits per heavy atom. The first-order valence-electron chi connectivity index (χ1n) is 6.29. The molecule has 0 aliphatic heterocycles. The van der Waals surface area contributed by atoms with Gasteiger partial charge in [-0.1, -0.05) is 13.8 Å². The largest absolute Gasteiger partial charge is 0.394 e. The lowest BCUT2D eigenvalue weighted by Crippen LogP contribution is -2.26. The molecule has 0 bridgehead atoms. The SMILES string of the molecule is Cc1ccn2nc(NC(CO)CC(C)C)nc2c1. The maximum absolute atomic E-state index is 9.33.